The number of hydrogen-bond donors (Lipinski definition) is 0. The number of halogens is 1. The molecule has 2 fully saturated rings. The number of amides is 1. The molecule has 1 amide bonds. The summed E-state index contributed by atoms with van der Waals surface area (Å²) in [6.45, 7) is 13.3. The number of nitrogens with zero attached hydrogens (tertiary/aromatic N) is 6. The van der Waals surface area contributed by atoms with Crippen LogP contribution in [0.15, 0.2) is 53.7 Å². The van der Waals surface area contributed by atoms with Crippen LogP contribution in [-0.2, 0) is 11.2 Å². The van der Waals surface area contributed by atoms with Gasteiger partial charge in [0.1, 0.15) is 18.5 Å². The third-order valence-electron chi connectivity index (χ3n) is 8.55. The summed E-state index contributed by atoms with van der Waals surface area (Å²) in [5, 5.41) is 0.873. The maximum absolute atomic E-state index is 13.8. The van der Waals surface area contributed by atoms with Crippen LogP contribution in [0, 0.1) is 6.57 Å². The van der Waals surface area contributed by atoms with Gasteiger partial charge in [-0.05, 0) is 73.9 Å². The zero-order valence-corrected chi connectivity index (χ0v) is 24.7. The van der Waals surface area contributed by atoms with Crippen LogP contribution in [0.2, 0.25) is 0 Å². The predicted octanol–water partition coefficient (Wildman–Crippen LogP) is 5.23. The van der Waals surface area contributed by atoms with E-state index in [1.54, 1.807) is 0 Å². The average molecular weight is 587 g/mol. The number of benzene rings is 2. The zero-order valence-electron chi connectivity index (χ0n) is 23.9. The van der Waals surface area contributed by atoms with Gasteiger partial charge in [0.05, 0.1) is 5.52 Å². The first-order valence-corrected chi connectivity index (χ1v) is 15.5. The van der Waals surface area contributed by atoms with Gasteiger partial charge in [-0.3, -0.25) is 4.79 Å². The van der Waals surface area contributed by atoms with Gasteiger partial charge in [-0.25, -0.2) is 11.0 Å². The molecule has 0 unspecified atom stereocenters. The second kappa shape index (κ2) is 12.3. The Morgan fingerprint density at radius 2 is 2.07 bits per heavy atom. The molecular formula is C32H35FN6O2S. The fraction of sp³-hybridized carbons (Fsp3) is 0.438. The number of likely N-dealkylation sites (N-methyl/N-ethyl adjacent to an activating group) is 1. The van der Waals surface area contributed by atoms with Crippen molar-refractivity contribution >= 4 is 34.4 Å². The van der Waals surface area contributed by atoms with Crippen molar-refractivity contribution < 1.29 is 13.9 Å². The standard InChI is InChI=1S/C32H35FN6O2S/c1-21(33)31(40)39-15-14-38(19-25(39)18-34-2)30-27-12-11-23(26-10-4-7-22-8-6-16-42-29(22)26)17-28(27)35-32(36-30)41-20-24-9-5-13-37(24)3/h4,7,10-12,17,24-25H,1,5-6,8-9,13-16,18-20H2,3H3/t24-,25-/m0/s1. The summed E-state index contributed by atoms with van der Waals surface area (Å²) < 4.78 is 20.0. The topological polar surface area (TPSA) is 66.2 Å². The Morgan fingerprint density at radius 1 is 1.19 bits per heavy atom. The van der Waals surface area contributed by atoms with Gasteiger partial charge in [-0.2, -0.15) is 9.97 Å². The predicted molar refractivity (Wildman–Crippen MR) is 165 cm³/mol. The summed E-state index contributed by atoms with van der Waals surface area (Å²) in [6, 6.07) is 13.0. The lowest BCUT2D eigenvalue weighted by molar-refractivity contribution is -0.131. The van der Waals surface area contributed by atoms with E-state index < -0.39 is 17.8 Å². The fourth-order valence-corrected chi connectivity index (χ4v) is 7.46. The summed E-state index contributed by atoms with van der Waals surface area (Å²) in [4.78, 5) is 32.9. The molecule has 2 aromatic carbocycles. The number of hydrogen-bond acceptors (Lipinski definition) is 7. The molecule has 10 heteroatoms. The molecule has 1 aromatic heterocycles. The highest BCUT2D eigenvalue weighted by Crippen LogP contribution is 2.40. The van der Waals surface area contributed by atoms with E-state index in [1.807, 2.05) is 11.8 Å². The van der Waals surface area contributed by atoms with Crippen LogP contribution in [-0.4, -0.2) is 89.9 Å². The Morgan fingerprint density at radius 3 is 2.86 bits per heavy atom. The van der Waals surface area contributed by atoms with Crippen LogP contribution < -0.4 is 9.64 Å². The maximum atomic E-state index is 13.8. The van der Waals surface area contributed by atoms with Crippen LogP contribution in [0.4, 0.5) is 10.2 Å². The van der Waals surface area contributed by atoms with E-state index in [9.17, 15) is 9.18 Å². The molecule has 0 radical (unpaired) electrons. The lowest BCUT2D eigenvalue weighted by atomic mass is 9.99. The molecule has 2 saturated heterocycles. The lowest BCUT2D eigenvalue weighted by Gasteiger charge is -2.39. The van der Waals surface area contributed by atoms with Crippen molar-refractivity contribution in [1.29, 1.82) is 0 Å². The minimum absolute atomic E-state index is 0.0663. The monoisotopic (exact) mass is 586 g/mol. The van der Waals surface area contributed by atoms with E-state index in [1.165, 1.54) is 27.3 Å². The van der Waals surface area contributed by atoms with E-state index in [2.05, 4.69) is 64.7 Å². The van der Waals surface area contributed by atoms with Gasteiger partial charge >= 0.3 is 6.01 Å². The van der Waals surface area contributed by atoms with Crippen molar-refractivity contribution in [2.24, 2.45) is 0 Å². The number of rotatable bonds is 7. The van der Waals surface area contributed by atoms with Crippen molar-refractivity contribution in [3.05, 3.63) is 65.8 Å². The van der Waals surface area contributed by atoms with E-state index in [0.29, 0.717) is 37.6 Å². The molecule has 0 bridgehead atoms. The number of aryl methyl sites for hydroxylation is 1. The third-order valence-corrected chi connectivity index (χ3v) is 9.82. The Bertz CT molecular complexity index is 1560. The number of thioether (sulfide) groups is 1. The van der Waals surface area contributed by atoms with E-state index in [0.717, 1.165) is 48.0 Å². The molecule has 218 valence electrons. The zero-order chi connectivity index (χ0) is 29.2. The molecule has 3 aliphatic rings. The molecule has 3 aliphatic heterocycles. The average Bonchev–Trinajstić information content (AvgIpc) is 3.43. The number of ether oxygens (including phenoxy) is 1. The van der Waals surface area contributed by atoms with Gasteiger partial charge < -0.3 is 24.3 Å². The van der Waals surface area contributed by atoms with Gasteiger partial charge in [-0.15, -0.1) is 11.8 Å². The molecule has 2 atom stereocenters. The first-order valence-electron chi connectivity index (χ1n) is 14.6. The van der Waals surface area contributed by atoms with Crippen LogP contribution in [0.5, 0.6) is 6.01 Å². The lowest BCUT2D eigenvalue weighted by Crippen LogP contribution is -2.56. The minimum atomic E-state index is -1.01. The largest absolute Gasteiger partial charge is 0.462 e. The van der Waals surface area contributed by atoms with Gasteiger partial charge in [0.15, 0.2) is 5.83 Å². The SMILES string of the molecule is [C-]#[N+]C[C@H]1CN(c2nc(OC[C@@H]3CCCN3C)nc3cc(-c4cccc5c4SCCC5)ccc23)CCN1C(=O)C(=C)F. The quantitative estimate of drug-likeness (QED) is 0.278. The molecule has 3 aromatic rings. The maximum Gasteiger partial charge on any atom is 0.319 e. The second-order valence-electron chi connectivity index (χ2n) is 11.2. The molecule has 8 nitrogen and oxygen atoms in total. The van der Waals surface area contributed by atoms with E-state index >= 15 is 0 Å². The Balaban J connectivity index is 1.38. The Kier molecular flexibility index (Phi) is 8.31. The Hall–Kier alpha value is -3.68. The van der Waals surface area contributed by atoms with Crippen LogP contribution in [0.3, 0.4) is 0 Å². The number of fused-ring (bicyclic) bond motifs is 2. The smallest absolute Gasteiger partial charge is 0.319 e. The van der Waals surface area contributed by atoms with Crippen molar-refractivity contribution in [2.75, 3.05) is 57.0 Å². The second-order valence-corrected chi connectivity index (χ2v) is 12.3. The molecule has 0 N–H and O–H groups in total. The van der Waals surface area contributed by atoms with Crippen LogP contribution >= 0.6 is 11.8 Å². The summed E-state index contributed by atoms with van der Waals surface area (Å²) in [5.41, 5.74) is 4.49. The number of carbonyl (C=O) groups is 1. The third kappa shape index (κ3) is 5.68. The van der Waals surface area contributed by atoms with Gasteiger partial charge in [0.2, 0.25) is 6.54 Å². The highest BCUT2D eigenvalue weighted by Gasteiger charge is 2.35. The number of aromatic nitrogens is 2. The van der Waals surface area contributed by atoms with Crippen molar-refractivity contribution in [3.63, 3.8) is 0 Å². The first kappa shape index (κ1) is 28.4. The van der Waals surface area contributed by atoms with E-state index in [4.69, 9.17) is 21.3 Å². The molecular weight excluding hydrogens is 551 g/mol. The summed E-state index contributed by atoms with van der Waals surface area (Å²) >= 11 is 1.92. The highest BCUT2D eigenvalue weighted by molar-refractivity contribution is 7.99. The summed E-state index contributed by atoms with van der Waals surface area (Å²) in [7, 11) is 2.11. The summed E-state index contributed by atoms with van der Waals surface area (Å²) in [5.74, 6) is 0.0570. The van der Waals surface area contributed by atoms with E-state index in [-0.39, 0.29) is 13.1 Å². The number of piperazine rings is 1. The molecule has 42 heavy (non-hydrogen) atoms. The summed E-state index contributed by atoms with van der Waals surface area (Å²) in [6.07, 6.45) is 4.51. The fourth-order valence-electron chi connectivity index (χ4n) is 6.27. The first-order chi connectivity index (χ1) is 20.4. The van der Waals surface area contributed by atoms with Crippen molar-refractivity contribution in [1.82, 2.24) is 19.8 Å². The normalized spacial score (nSPS) is 20.8. The molecule has 0 aliphatic carbocycles. The number of likely N-dealkylation sites (tertiary alicyclic amines) is 1. The van der Waals surface area contributed by atoms with Gasteiger partial charge in [-0.1, -0.05) is 30.8 Å². The molecule has 4 heterocycles. The van der Waals surface area contributed by atoms with Crippen LogP contribution in [0.25, 0.3) is 26.9 Å². The molecule has 0 spiro atoms. The Labute approximate surface area is 250 Å². The number of carbonyl (C=O) groups excluding carboxylic acids is 1. The van der Waals surface area contributed by atoms with Crippen LogP contribution in [0.1, 0.15) is 24.8 Å². The van der Waals surface area contributed by atoms with Gasteiger partial charge in [0, 0.05) is 36.0 Å². The molecule has 6 rings (SSSR count). The highest BCUT2D eigenvalue weighted by atomic mass is 32.2. The molecule has 0 saturated carbocycles. The minimum Gasteiger partial charge on any atom is -0.462 e. The van der Waals surface area contributed by atoms with Gasteiger partial charge in [0.25, 0.3) is 5.91 Å². The van der Waals surface area contributed by atoms with Crippen molar-refractivity contribution in [2.45, 2.75) is 42.7 Å². The number of anilines is 1. The van der Waals surface area contributed by atoms with Crippen molar-refractivity contribution in [3.8, 4) is 17.1 Å².